The second-order valence-electron chi connectivity index (χ2n) is 8.70. The summed E-state index contributed by atoms with van der Waals surface area (Å²) >= 11 is 0. The molecule has 2 aromatic rings. The van der Waals surface area contributed by atoms with Gasteiger partial charge in [-0.1, -0.05) is 0 Å². The third-order valence-corrected chi connectivity index (χ3v) is 6.35. The lowest BCUT2D eigenvalue weighted by molar-refractivity contribution is -0.132. The summed E-state index contributed by atoms with van der Waals surface area (Å²) in [6.45, 7) is 4.71. The summed E-state index contributed by atoms with van der Waals surface area (Å²) in [5.41, 5.74) is 3.51. The van der Waals surface area contributed by atoms with Crippen molar-refractivity contribution in [3.05, 3.63) is 52.1 Å². The van der Waals surface area contributed by atoms with Crippen molar-refractivity contribution in [2.75, 3.05) is 32.2 Å². The van der Waals surface area contributed by atoms with Crippen molar-refractivity contribution in [3.63, 3.8) is 0 Å². The van der Waals surface area contributed by atoms with Crippen LogP contribution in [0.15, 0.2) is 18.2 Å². The second-order valence-corrected chi connectivity index (χ2v) is 8.70. The summed E-state index contributed by atoms with van der Waals surface area (Å²) in [6, 6.07) is 4.12. The average Bonchev–Trinajstić information content (AvgIpc) is 3.29. The summed E-state index contributed by atoms with van der Waals surface area (Å²) < 4.78 is 24.4. The predicted octanol–water partition coefficient (Wildman–Crippen LogP) is 2.30. The first-order valence-corrected chi connectivity index (χ1v) is 11.5. The molecule has 0 spiro atoms. The number of amides is 3. The third-order valence-electron chi connectivity index (χ3n) is 6.35. The van der Waals surface area contributed by atoms with Crippen molar-refractivity contribution in [1.82, 2.24) is 15.6 Å². The standard InChI is InChI=1S/C25H29FN4O5/c1-13-20(11-18-17-10-15(26)4-5-19(17)30-23(18)31)28-14(2)22(13)25(33)27-12-21(34-3)24(32)29-16-6-8-35-9-7-16/h4-5,10-11,16,21,28H,6-9,12H2,1-3H3,(H,27,33)(H,29,32)(H,30,31)/b18-11-. The largest absolute Gasteiger partial charge is 0.381 e. The van der Waals surface area contributed by atoms with Gasteiger partial charge in [0, 0.05) is 49.0 Å². The number of aromatic amines is 1. The number of ether oxygens (including phenoxy) is 2. The van der Waals surface area contributed by atoms with Gasteiger partial charge in [0.25, 0.3) is 17.7 Å². The molecule has 3 amide bonds. The zero-order chi connectivity index (χ0) is 25.1. The van der Waals surface area contributed by atoms with E-state index in [0.29, 0.717) is 52.6 Å². The molecule has 2 aliphatic heterocycles. The van der Waals surface area contributed by atoms with E-state index in [-0.39, 0.29) is 30.3 Å². The van der Waals surface area contributed by atoms with Crippen LogP contribution in [-0.2, 0) is 19.1 Å². The molecule has 2 aliphatic rings. The first kappa shape index (κ1) is 24.6. The lowest BCUT2D eigenvalue weighted by atomic mass is 10.0. The molecule has 10 heteroatoms. The molecule has 3 heterocycles. The molecule has 35 heavy (non-hydrogen) atoms. The fourth-order valence-corrected chi connectivity index (χ4v) is 4.40. The number of carbonyl (C=O) groups is 3. The van der Waals surface area contributed by atoms with E-state index in [1.165, 1.54) is 25.3 Å². The SMILES string of the molecule is COC(CNC(=O)c1c(C)[nH]c(/C=C2\C(=O)Nc3ccc(F)cc32)c1C)C(=O)NC1CCOCC1. The third kappa shape index (κ3) is 5.28. The minimum Gasteiger partial charge on any atom is -0.381 e. The number of nitrogens with one attached hydrogen (secondary N) is 4. The van der Waals surface area contributed by atoms with Crippen molar-refractivity contribution in [2.45, 2.75) is 38.8 Å². The zero-order valence-corrected chi connectivity index (χ0v) is 19.9. The Bertz CT molecular complexity index is 1180. The van der Waals surface area contributed by atoms with Crippen LogP contribution in [0, 0.1) is 19.7 Å². The fraction of sp³-hybridized carbons (Fsp3) is 0.400. The highest BCUT2D eigenvalue weighted by Crippen LogP contribution is 2.34. The minimum absolute atomic E-state index is 0.0000720. The van der Waals surface area contributed by atoms with Crippen LogP contribution in [0.3, 0.4) is 0 Å². The number of hydrogen-bond donors (Lipinski definition) is 4. The van der Waals surface area contributed by atoms with Crippen molar-refractivity contribution >= 4 is 35.1 Å². The Morgan fingerprint density at radius 3 is 2.74 bits per heavy atom. The van der Waals surface area contributed by atoms with E-state index >= 15 is 0 Å². The number of hydrogen-bond acceptors (Lipinski definition) is 5. The molecule has 0 bridgehead atoms. The lowest BCUT2D eigenvalue weighted by Gasteiger charge is -2.25. The van der Waals surface area contributed by atoms with Gasteiger partial charge in [0.1, 0.15) is 5.82 Å². The van der Waals surface area contributed by atoms with Gasteiger partial charge in [0.05, 0.1) is 17.7 Å². The molecule has 1 saturated heterocycles. The van der Waals surface area contributed by atoms with Gasteiger partial charge in [-0.2, -0.15) is 0 Å². The summed E-state index contributed by atoms with van der Waals surface area (Å²) in [4.78, 5) is 41.1. The topological polar surface area (TPSA) is 122 Å². The molecular formula is C25H29FN4O5. The Balaban J connectivity index is 1.46. The number of aromatic nitrogens is 1. The van der Waals surface area contributed by atoms with E-state index in [4.69, 9.17) is 9.47 Å². The number of halogens is 1. The highest BCUT2D eigenvalue weighted by Gasteiger charge is 2.27. The van der Waals surface area contributed by atoms with Crippen LogP contribution in [0.5, 0.6) is 0 Å². The Morgan fingerprint density at radius 1 is 1.29 bits per heavy atom. The van der Waals surface area contributed by atoms with E-state index in [9.17, 15) is 18.8 Å². The molecule has 0 radical (unpaired) electrons. The number of benzene rings is 1. The van der Waals surface area contributed by atoms with Crippen LogP contribution >= 0.6 is 0 Å². The molecule has 4 rings (SSSR count). The highest BCUT2D eigenvalue weighted by atomic mass is 19.1. The molecule has 1 unspecified atom stereocenters. The van der Waals surface area contributed by atoms with E-state index in [1.807, 2.05) is 0 Å². The van der Waals surface area contributed by atoms with Crippen molar-refractivity contribution in [1.29, 1.82) is 0 Å². The number of anilines is 1. The van der Waals surface area contributed by atoms with Crippen LogP contribution in [0.2, 0.25) is 0 Å². The summed E-state index contributed by atoms with van der Waals surface area (Å²) in [6.07, 6.45) is 2.25. The van der Waals surface area contributed by atoms with Gasteiger partial charge in [-0.25, -0.2) is 4.39 Å². The molecule has 0 aliphatic carbocycles. The Hall–Kier alpha value is -3.50. The molecule has 0 saturated carbocycles. The molecule has 9 nitrogen and oxygen atoms in total. The van der Waals surface area contributed by atoms with Gasteiger partial charge >= 0.3 is 0 Å². The summed E-state index contributed by atoms with van der Waals surface area (Å²) in [7, 11) is 1.42. The minimum atomic E-state index is -0.837. The monoisotopic (exact) mass is 484 g/mol. The first-order valence-electron chi connectivity index (χ1n) is 11.5. The number of H-pyrrole nitrogens is 1. The van der Waals surface area contributed by atoms with Crippen LogP contribution in [0.1, 0.15) is 45.7 Å². The van der Waals surface area contributed by atoms with Gasteiger partial charge < -0.3 is 30.4 Å². The number of methoxy groups -OCH3 is 1. The number of rotatable bonds is 7. The van der Waals surface area contributed by atoms with Crippen molar-refractivity contribution in [3.8, 4) is 0 Å². The quantitative estimate of drug-likeness (QED) is 0.450. The molecule has 4 N–H and O–H groups in total. The zero-order valence-electron chi connectivity index (χ0n) is 19.9. The number of carbonyl (C=O) groups excluding carboxylic acids is 3. The Labute approximate surface area is 202 Å². The highest BCUT2D eigenvalue weighted by molar-refractivity contribution is 6.34. The lowest BCUT2D eigenvalue weighted by Crippen LogP contribution is -2.48. The van der Waals surface area contributed by atoms with Gasteiger partial charge in [0.2, 0.25) is 0 Å². The molecule has 1 aromatic heterocycles. The Kier molecular flexibility index (Phi) is 7.32. The normalized spacial score (nSPS) is 17.7. The van der Waals surface area contributed by atoms with Gasteiger partial charge in [-0.05, 0) is 56.5 Å². The van der Waals surface area contributed by atoms with E-state index in [2.05, 4.69) is 20.9 Å². The maximum absolute atomic E-state index is 13.8. The Morgan fingerprint density at radius 2 is 2.03 bits per heavy atom. The fourth-order valence-electron chi connectivity index (χ4n) is 4.40. The van der Waals surface area contributed by atoms with E-state index in [0.717, 1.165) is 12.8 Å². The molecular weight excluding hydrogens is 455 g/mol. The first-order chi connectivity index (χ1) is 16.8. The van der Waals surface area contributed by atoms with Gasteiger partial charge in [-0.15, -0.1) is 0 Å². The molecule has 186 valence electrons. The van der Waals surface area contributed by atoms with Crippen molar-refractivity contribution in [2.24, 2.45) is 0 Å². The number of fused-ring (bicyclic) bond motifs is 1. The van der Waals surface area contributed by atoms with Crippen LogP contribution in [0.4, 0.5) is 10.1 Å². The maximum atomic E-state index is 13.8. The van der Waals surface area contributed by atoms with Crippen molar-refractivity contribution < 1.29 is 28.2 Å². The van der Waals surface area contributed by atoms with Crippen LogP contribution in [0.25, 0.3) is 11.6 Å². The van der Waals surface area contributed by atoms with Gasteiger partial charge in [-0.3, -0.25) is 14.4 Å². The average molecular weight is 485 g/mol. The molecule has 1 fully saturated rings. The second kappa shape index (κ2) is 10.4. The summed E-state index contributed by atoms with van der Waals surface area (Å²) in [5.74, 6) is -1.45. The van der Waals surface area contributed by atoms with E-state index in [1.54, 1.807) is 19.9 Å². The maximum Gasteiger partial charge on any atom is 0.256 e. The van der Waals surface area contributed by atoms with Crippen LogP contribution < -0.4 is 16.0 Å². The molecule has 1 atom stereocenters. The van der Waals surface area contributed by atoms with Gasteiger partial charge in [0.15, 0.2) is 6.10 Å². The smallest absolute Gasteiger partial charge is 0.256 e. The van der Waals surface area contributed by atoms with Crippen LogP contribution in [-0.4, -0.2) is 61.7 Å². The number of aryl methyl sites for hydroxylation is 1. The van der Waals surface area contributed by atoms with E-state index < -0.39 is 11.9 Å². The predicted molar refractivity (Wildman–Crippen MR) is 128 cm³/mol. The molecule has 1 aromatic carbocycles. The summed E-state index contributed by atoms with van der Waals surface area (Å²) in [5, 5.41) is 8.42.